The molecular formula is C14H27N3O2. The van der Waals surface area contributed by atoms with Crippen LogP contribution in [0.3, 0.4) is 0 Å². The van der Waals surface area contributed by atoms with Crippen molar-refractivity contribution in [2.75, 3.05) is 26.2 Å². The predicted molar refractivity (Wildman–Crippen MR) is 74.8 cm³/mol. The number of nitrogens with zero attached hydrogens (tertiary/aromatic N) is 1. The smallest absolute Gasteiger partial charge is 0.234 e. The molecule has 19 heavy (non-hydrogen) atoms. The molecule has 0 bridgehead atoms. The summed E-state index contributed by atoms with van der Waals surface area (Å²) in [6.45, 7) is 4.97. The number of piperidine rings is 1. The molecule has 0 aromatic rings. The molecular weight excluding hydrogens is 242 g/mol. The van der Waals surface area contributed by atoms with Crippen molar-refractivity contribution in [1.29, 1.82) is 0 Å². The van der Waals surface area contributed by atoms with Gasteiger partial charge in [0, 0.05) is 25.2 Å². The second-order valence-electron chi connectivity index (χ2n) is 5.83. The first-order valence-corrected chi connectivity index (χ1v) is 7.55. The summed E-state index contributed by atoms with van der Waals surface area (Å²) in [6, 6.07) is 0.480. The zero-order chi connectivity index (χ0) is 13.7. The molecule has 2 rings (SSSR count). The number of likely N-dealkylation sites (tertiary alicyclic amines) is 1. The lowest BCUT2D eigenvalue weighted by Crippen LogP contribution is -2.52. The van der Waals surface area contributed by atoms with Crippen molar-refractivity contribution in [1.82, 2.24) is 10.2 Å². The quantitative estimate of drug-likeness (QED) is 0.762. The lowest BCUT2D eigenvalue weighted by Gasteiger charge is -2.37. The molecule has 5 heteroatoms. The highest BCUT2D eigenvalue weighted by Crippen LogP contribution is 2.18. The minimum atomic E-state index is 0.100. The molecule has 110 valence electrons. The highest BCUT2D eigenvalue weighted by atomic mass is 16.5. The van der Waals surface area contributed by atoms with E-state index in [9.17, 15) is 4.79 Å². The van der Waals surface area contributed by atoms with Crippen LogP contribution in [0.25, 0.3) is 0 Å². The Morgan fingerprint density at radius 3 is 2.95 bits per heavy atom. The number of amides is 1. The van der Waals surface area contributed by atoms with Crippen LogP contribution in [-0.4, -0.2) is 55.2 Å². The molecule has 3 unspecified atom stereocenters. The topological polar surface area (TPSA) is 67.6 Å². The lowest BCUT2D eigenvalue weighted by atomic mass is 9.97. The molecule has 0 saturated carbocycles. The third-order valence-corrected chi connectivity index (χ3v) is 4.17. The Labute approximate surface area is 115 Å². The van der Waals surface area contributed by atoms with Crippen LogP contribution in [0.1, 0.15) is 39.0 Å². The number of rotatable bonds is 5. The van der Waals surface area contributed by atoms with Crippen molar-refractivity contribution in [3.63, 3.8) is 0 Å². The van der Waals surface area contributed by atoms with E-state index in [-0.39, 0.29) is 18.1 Å². The van der Waals surface area contributed by atoms with E-state index in [1.807, 2.05) is 6.92 Å². The van der Waals surface area contributed by atoms with E-state index < -0.39 is 0 Å². The Morgan fingerprint density at radius 2 is 2.26 bits per heavy atom. The number of carbonyl (C=O) groups excluding carboxylic acids is 1. The second kappa shape index (κ2) is 7.22. The number of ether oxygens (including phenoxy) is 1. The van der Waals surface area contributed by atoms with Crippen LogP contribution >= 0.6 is 0 Å². The average Bonchev–Trinajstić information content (AvgIpc) is 2.90. The number of carbonyl (C=O) groups is 1. The molecule has 2 aliphatic rings. The van der Waals surface area contributed by atoms with Crippen molar-refractivity contribution in [3.05, 3.63) is 0 Å². The van der Waals surface area contributed by atoms with Gasteiger partial charge in [-0.15, -0.1) is 0 Å². The summed E-state index contributed by atoms with van der Waals surface area (Å²) in [5, 5.41) is 2.98. The summed E-state index contributed by atoms with van der Waals surface area (Å²) in [7, 11) is 0. The first-order valence-electron chi connectivity index (χ1n) is 7.55. The molecule has 2 heterocycles. The summed E-state index contributed by atoms with van der Waals surface area (Å²) < 4.78 is 5.50. The minimum Gasteiger partial charge on any atom is -0.376 e. The monoisotopic (exact) mass is 269 g/mol. The molecule has 0 aromatic heterocycles. The number of hydrogen-bond acceptors (Lipinski definition) is 4. The SMILES string of the molecule is CC(N)C1CCCCN1CC(=O)NCC1CCCO1. The van der Waals surface area contributed by atoms with Gasteiger partial charge in [-0.25, -0.2) is 0 Å². The van der Waals surface area contributed by atoms with Gasteiger partial charge in [-0.1, -0.05) is 6.42 Å². The molecule has 0 aliphatic carbocycles. The van der Waals surface area contributed by atoms with Gasteiger partial charge in [0.2, 0.25) is 5.91 Å². The van der Waals surface area contributed by atoms with E-state index >= 15 is 0 Å². The van der Waals surface area contributed by atoms with Gasteiger partial charge in [-0.05, 0) is 39.2 Å². The third-order valence-electron chi connectivity index (χ3n) is 4.17. The fourth-order valence-electron chi connectivity index (χ4n) is 3.08. The van der Waals surface area contributed by atoms with Gasteiger partial charge in [0.15, 0.2) is 0 Å². The minimum absolute atomic E-state index is 0.100. The van der Waals surface area contributed by atoms with Gasteiger partial charge < -0.3 is 15.8 Å². The van der Waals surface area contributed by atoms with Crippen LogP contribution in [0.5, 0.6) is 0 Å². The highest BCUT2D eigenvalue weighted by Gasteiger charge is 2.27. The van der Waals surface area contributed by atoms with Gasteiger partial charge in [-0.2, -0.15) is 0 Å². The first-order chi connectivity index (χ1) is 9.16. The average molecular weight is 269 g/mol. The normalized spacial score (nSPS) is 30.2. The van der Waals surface area contributed by atoms with Gasteiger partial charge in [0.1, 0.15) is 0 Å². The van der Waals surface area contributed by atoms with E-state index in [0.29, 0.717) is 19.1 Å². The zero-order valence-corrected chi connectivity index (χ0v) is 11.9. The molecule has 0 radical (unpaired) electrons. The summed E-state index contributed by atoms with van der Waals surface area (Å²) in [5.41, 5.74) is 6.01. The molecule has 3 N–H and O–H groups in total. The van der Waals surface area contributed by atoms with Gasteiger partial charge in [0.05, 0.1) is 12.6 Å². The lowest BCUT2D eigenvalue weighted by molar-refractivity contribution is -0.123. The molecule has 2 aliphatic heterocycles. The molecule has 2 fully saturated rings. The second-order valence-corrected chi connectivity index (χ2v) is 5.83. The Bertz CT molecular complexity index is 290. The fourth-order valence-corrected chi connectivity index (χ4v) is 3.08. The number of hydrogen-bond donors (Lipinski definition) is 2. The van der Waals surface area contributed by atoms with Crippen molar-refractivity contribution in [2.24, 2.45) is 5.73 Å². The third kappa shape index (κ3) is 4.44. The predicted octanol–water partition coefficient (Wildman–Crippen LogP) is 0.483. The molecule has 3 atom stereocenters. The number of nitrogens with one attached hydrogen (secondary N) is 1. The van der Waals surface area contributed by atoms with Crippen molar-refractivity contribution < 1.29 is 9.53 Å². The van der Waals surface area contributed by atoms with E-state index in [1.165, 1.54) is 12.8 Å². The van der Waals surface area contributed by atoms with Crippen molar-refractivity contribution in [3.8, 4) is 0 Å². The largest absolute Gasteiger partial charge is 0.376 e. The van der Waals surface area contributed by atoms with Gasteiger partial charge in [0.25, 0.3) is 0 Å². The summed E-state index contributed by atoms with van der Waals surface area (Å²) >= 11 is 0. The highest BCUT2D eigenvalue weighted by molar-refractivity contribution is 5.78. The van der Waals surface area contributed by atoms with Crippen LogP contribution in [0.15, 0.2) is 0 Å². The maximum atomic E-state index is 12.0. The van der Waals surface area contributed by atoms with E-state index in [4.69, 9.17) is 10.5 Å². The number of nitrogens with two attached hydrogens (primary N) is 1. The zero-order valence-electron chi connectivity index (χ0n) is 11.9. The Kier molecular flexibility index (Phi) is 5.60. The maximum Gasteiger partial charge on any atom is 0.234 e. The van der Waals surface area contributed by atoms with Crippen LogP contribution in [0.4, 0.5) is 0 Å². The first kappa shape index (κ1) is 14.8. The summed E-state index contributed by atoms with van der Waals surface area (Å²) in [4.78, 5) is 14.2. The van der Waals surface area contributed by atoms with Crippen LogP contribution < -0.4 is 11.1 Å². The Hall–Kier alpha value is -0.650. The van der Waals surface area contributed by atoms with Crippen molar-refractivity contribution >= 4 is 5.91 Å². The van der Waals surface area contributed by atoms with Gasteiger partial charge >= 0.3 is 0 Å². The molecule has 0 aromatic carbocycles. The summed E-state index contributed by atoms with van der Waals surface area (Å²) in [6.07, 6.45) is 5.89. The maximum absolute atomic E-state index is 12.0. The molecule has 1 amide bonds. The van der Waals surface area contributed by atoms with Crippen molar-refractivity contribution in [2.45, 2.75) is 57.2 Å². The van der Waals surface area contributed by atoms with Crippen LogP contribution in [0, 0.1) is 0 Å². The molecule has 2 saturated heterocycles. The molecule has 0 spiro atoms. The Morgan fingerprint density at radius 1 is 1.42 bits per heavy atom. The Balaban J connectivity index is 1.73. The van der Waals surface area contributed by atoms with Crippen LogP contribution in [0.2, 0.25) is 0 Å². The standard InChI is InChI=1S/C14H27N3O2/c1-11(15)13-6-2-3-7-17(13)10-14(18)16-9-12-5-4-8-19-12/h11-13H,2-10,15H2,1H3,(H,16,18). The van der Waals surface area contributed by atoms with E-state index in [0.717, 1.165) is 32.4 Å². The van der Waals surface area contributed by atoms with E-state index in [1.54, 1.807) is 0 Å². The van der Waals surface area contributed by atoms with Crippen LogP contribution in [-0.2, 0) is 9.53 Å². The van der Waals surface area contributed by atoms with E-state index in [2.05, 4.69) is 10.2 Å². The molecule has 5 nitrogen and oxygen atoms in total. The van der Waals surface area contributed by atoms with Gasteiger partial charge in [-0.3, -0.25) is 9.69 Å². The fraction of sp³-hybridized carbons (Fsp3) is 0.929. The summed E-state index contributed by atoms with van der Waals surface area (Å²) in [5.74, 6) is 0.100.